The van der Waals surface area contributed by atoms with E-state index in [-0.39, 0.29) is 11.2 Å². The number of thioether (sulfide) groups is 1. The first-order valence-electron chi connectivity index (χ1n) is 5.96. The number of esters is 1. The molecular formula is C14H21NO2S. The largest absolute Gasteiger partial charge is 0.468 e. The zero-order valence-electron chi connectivity index (χ0n) is 11.4. The second kappa shape index (κ2) is 6.25. The monoisotopic (exact) mass is 267 g/mol. The highest BCUT2D eigenvalue weighted by Gasteiger charge is 2.31. The zero-order chi connectivity index (χ0) is 13.8. The van der Waals surface area contributed by atoms with E-state index in [1.807, 2.05) is 12.1 Å². The Balaban J connectivity index is 2.65. The Morgan fingerprint density at radius 3 is 2.67 bits per heavy atom. The third kappa shape index (κ3) is 4.03. The first-order valence-corrected chi connectivity index (χ1v) is 6.84. The van der Waals surface area contributed by atoms with Crippen LogP contribution in [0.25, 0.3) is 0 Å². The number of hydrogen-bond donors (Lipinski definition) is 1. The number of hydrogen-bond acceptors (Lipinski definition) is 4. The summed E-state index contributed by atoms with van der Waals surface area (Å²) in [5.74, 6) is -0.361. The number of carbonyl (C=O) groups excluding carboxylic acids is 1. The maximum atomic E-state index is 11.5. The van der Waals surface area contributed by atoms with Crippen molar-refractivity contribution in [3.05, 3.63) is 29.8 Å². The van der Waals surface area contributed by atoms with Gasteiger partial charge in [0.2, 0.25) is 0 Å². The Bertz CT molecular complexity index is 418. The van der Waals surface area contributed by atoms with Crippen LogP contribution < -0.4 is 5.73 Å². The van der Waals surface area contributed by atoms with Crippen LogP contribution in [0.3, 0.4) is 0 Å². The first kappa shape index (κ1) is 15.1. The predicted octanol–water partition coefficient (Wildman–Crippen LogP) is 2.76. The molecule has 1 aromatic rings. The van der Waals surface area contributed by atoms with Crippen LogP contribution in [0.1, 0.15) is 25.8 Å². The molecule has 2 N–H and O–H groups in total. The molecule has 4 heteroatoms. The van der Waals surface area contributed by atoms with E-state index in [1.54, 1.807) is 18.7 Å². The van der Waals surface area contributed by atoms with Gasteiger partial charge >= 0.3 is 5.97 Å². The summed E-state index contributed by atoms with van der Waals surface area (Å²) in [7, 11) is 1.37. The normalized spacial score (nSPS) is 15.8. The van der Waals surface area contributed by atoms with Gasteiger partial charge in [-0.25, -0.2) is 0 Å². The van der Waals surface area contributed by atoms with Crippen molar-refractivity contribution < 1.29 is 9.53 Å². The number of ether oxygens (including phenoxy) is 1. The molecule has 0 aromatic heterocycles. The predicted molar refractivity (Wildman–Crippen MR) is 75.7 cm³/mol. The van der Waals surface area contributed by atoms with Gasteiger partial charge in [-0.05, 0) is 31.9 Å². The topological polar surface area (TPSA) is 52.3 Å². The summed E-state index contributed by atoms with van der Waals surface area (Å²) < 4.78 is 4.72. The number of methoxy groups -OCH3 is 1. The molecule has 1 aromatic carbocycles. The van der Waals surface area contributed by atoms with Crippen LogP contribution in [0.4, 0.5) is 0 Å². The Labute approximate surface area is 113 Å². The molecule has 3 nitrogen and oxygen atoms in total. The molecule has 2 unspecified atom stereocenters. The van der Waals surface area contributed by atoms with Crippen LogP contribution in [0, 0.1) is 6.92 Å². The average molecular weight is 267 g/mol. The number of carbonyl (C=O) groups is 1. The molecule has 0 saturated heterocycles. The van der Waals surface area contributed by atoms with Crippen molar-refractivity contribution in [3.8, 4) is 0 Å². The van der Waals surface area contributed by atoms with Gasteiger partial charge in [-0.15, -0.1) is 11.8 Å². The summed E-state index contributed by atoms with van der Waals surface area (Å²) in [6, 6.07) is 8.20. The van der Waals surface area contributed by atoms with Gasteiger partial charge in [0, 0.05) is 10.1 Å². The van der Waals surface area contributed by atoms with Crippen molar-refractivity contribution in [1.82, 2.24) is 0 Å². The van der Waals surface area contributed by atoms with E-state index in [9.17, 15) is 4.79 Å². The fraction of sp³-hybridized carbons (Fsp3) is 0.500. The van der Waals surface area contributed by atoms with Crippen molar-refractivity contribution >= 4 is 17.7 Å². The van der Waals surface area contributed by atoms with E-state index in [4.69, 9.17) is 10.5 Å². The van der Waals surface area contributed by atoms with Crippen molar-refractivity contribution in [2.24, 2.45) is 5.73 Å². The van der Waals surface area contributed by atoms with Gasteiger partial charge in [-0.1, -0.05) is 25.1 Å². The summed E-state index contributed by atoms with van der Waals surface area (Å²) >= 11 is 1.74. The van der Waals surface area contributed by atoms with Gasteiger partial charge in [0.25, 0.3) is 0 Å². The molecule has 2 atom stereocenters. The third-order valence-corrected chi connectivity index (χ3v) is 4.07. The molecule has 18 heavy (non-hydrogen) atoms. The van der Waals surface area contributed by atoms with Crippen LogP contribution in [-0.2, 0) is 9.53 Å². The average Bonchev–Trinajstić information content (AvgIpc) is 2.30. The van der Waals surface area contributed by atoms with Gasteiger partial charge in [0.1, 0.15) is 5.54 Å². The molecule has 1 rings (SSSR count). The number of benzene rings is 1. The quantitative estimate of drug-likeness (QED) is 0.658. The maximum Gasteiger partial charge on any atom is 0.325 e. The summed E-state index contributed by atoms with van der Waals surface area (Å²) in [6.45, 7) is 5.87. The van der Waals surface area contributed by atoms with Gasteiger partial charge in [-0.3, -0.25) is 4.79 Å². The summed E-state index contributed by atoms with van der Waals surface area (Å²) in [5, 5.41) is 0.250. The van der Waals surface area contributed by atoms with Crippen molar-refractivity contribution in [3.63, 3.8) is 0 Å². The molecule has 0 aliphatic rings. The van der Waals surface area contributed by atoms with E-state index < -0.39 is 5.54 Å². The lowest BCUT2D eigenvalue weighted by molar-refractivity contribution is -0.146. The Kier molecular flexibility index (Phi) is 5.23. The summed E-state index contributed by atoms with van der Waals surface area (Å²) in [4.78, 5) is 12.8. The standard InChI is InChI=1S/C14H21NO2S/c1-10-7-5-6-8-12(10)18-11(2)9-14(3,15)13(16)17-4/h5-8,11H,9,15H2,1-4H3. The minimum absolute atomic E-state index is 0.250. The molecular weight excluding hydrogens is 246 g/mol. The highest BCUT2D eigenvalue weighted by atomic mass is 32.2. The van der Waals surface area contributed by atoms with E-state index in [0.29, 0.717) is 6.42 Å². The van der Waals surface area contributed by atoms with E-state index in [2.05, 4.69) is 26.0 Å². The highest BCUT2D eigenvalue weighted by Crippen LogP contribution is 2.30. The van der Waals surface area contributed by atoms with Crippen LogP contribution in [0.15, 0.2) is 29.2 Å². The lowest BCUT2D eigenvalue weighted by atomic mass is 9.98. The minimum atomic E-state index is -0.927. The smallest absolute Gasteiger partial charge is 0.325 e. The van der Waals surface area contributed by atoms with Crippen LogP contribution in [0.5, 0.6) is 0 Å². The Morgan fingerprint density at radius 2 is 2.11 bits per heavy atom. The van der Waals surface area contributed by atoms with Crippen molar-refractivity contribution in [1.29, 1.82) is 0 Å². The van der Waals surface area contributed by atoms with Crippen molar-refractivity contribution in [2.75, 3.05) is 7.11 Å². The lowest BCUT2D eigenvalue weighted by Gasteiger charge is -2.25. The molecule has 0 saturated carbocycles. The SMILES string of the molecule is COC(=O)C(C)(N)CC(C)Sc1ccccc1C. The van der Waals surface area contributed by atoms with Gasteiger partial charge in [0.05, 0.1) is 7.11 Å². The molecule has 0 aliphatic carbocycles. The minimum Gasteiger partial charge on any atom is -0.468 e. The Morgan fingerprint density at radius 1 is 1.50 bits per heavy atom. The lowest BCUT2D eigenvalue weighted by Crippen LogP contribution is -2.47. The van der Waals surface area contributed by atoms with E-state index >= 15 is 0 Å². The second-order valence-corrected chi connectivity index (χ2v) is 6.29. The molecule has 0 fully saturated rings. The molecule has 0 bridgehead atoms. The van der Waals surface area contributed by atoms with Gasteiger partial charge in [-0.2, -0.15) is 0 Å². The first-order chi connectivity index (χ1) is 8.36. The van der Waals surface area contributed by atoms with E-state index in [0.717, 1.165) is 0 Å². The van der Waals surface area contributed by atoms with Crippen LogP contribution in [0.2, 0.25) is 0 Å². The van der Waals surface area contributed by atoms with Gasteiger partial charge in [0.15, 0.2) is 0 Å². The molecule has 100 valence electrons. The number of nitrogens with two attached hydrogens (primary N) is 1. The zero-order valence-corrected chi connectivity index (χ0v) is 12.2. The van der Waals surface area contributed by atoms with Crippen LogP contribution >= 0.6 is 11.8 Å². The Hall–Kier alpha value is -1.00. The fourth-order valence-corrected chi connectivity index (χ4v) is 3.13. The van der Waals surface area contributed by atoms with Crippen molar-refractivity contribution in [2.45, 2.75) is 42.9 Å². The molecule has 0 heterocycles. The molecule has 0 spiro atoms. The van der Waals surface area contributed by atoms with Gasteiger partial charge < -0.3 is 10.5 Å². The summed E-state index contributed by atoms with van der Waals surface area (Å²) in [6.07, 6.45) is 0.582. The number of rotatable bonds is 5. The maximum absolute atomic E-state index is 11.5. The molecule has 0 aliphatic heterocycles. The van der Waals surface area contributed by atoms with Crippen LogP contribution in [-0.4, -0.2) is 23.9 Å². The molecule has 0 amide bonds. The number of aryl methyl sites for hydroxylation is 1. The highest BCUT2D eigenvalue weighted by molar-refractivity contribution is 8.00. The third-order valence-electron chi connectivity index (χ3n) is 2.78. The van der Waals surface area contributed by atoms with E-state index in [1.165, 1.54) is 17.6 Å². The molecule has 0 radical (unpaired) electrons. The fourth-order valence-electron chi connectivity index (χ4n) is 1.86. The second-order valence-electron chi connectivity index (χ2n) is 4.81. The summed E-state index contributed by atoms with van der Waals surface area (Å²) in [5.41, 5.74) is 6.29.